The molecule has 1 heterocycles. The molecule has 2 aliphatic rings. The second-order valence-corrected chi connectivity index (χ2v) is 6.25. The van der Waals surface area contributed by atoms with Gasteiger partial charge in [-0.3, -0.25) is 14.3 Å². The molecule has 22 heavy (non-hydrogen) atoms. The van der Waals surface area contributed by atoms with Crippen molar-refractivity contribution in [1.29, 1.82) is 0 Å². The van der Waals surface area contributed by atoms with Gasteiger partial charge in [-0.15, -0.1) is 0 Å². The molecule has 0 aromatic carbocycles. The summed E-state index contributed by atoms with van der Waals surface area (Å²) in [6.45, 7) is 0.567. The molecular weight excluding hydrogens is 282 g/mol. The normalized spacial score (nSPS) is 29.0. The van der Waals surface area contributed by atoms with Crippen molar-refractivity contribution >= 4 is 11.9 Å². The number of aliphatic carboxylic acids is 1. The summed E-state index contributed by atoms with van der Waals surface area (Å²) in [5.41, 5.74) is 1.14. The number of hydrogen-bond acceptors (Lipinski definition) is 3. The molecule has 3 rings (SSSR count). The fourth-order valence-electron chi connectivity index (χ4n) is 3.74. The Morgan fingerprint density at radius 3 is 2.73 bits per heavy atom. The number of carboxylic acids is 1. The highest BCUT2D eigenvalue weighted by atomic mass is 16.4. The first-order valence-electron chi connectivity index (χ1n) is 7.72. The maximum atomic E-state index is 12.3. The average molecular weight is 303 g/mol. The molecule has 6 heteroatoms. The molecule has 1 amide bonds. The number of fused-ring (bicyclic) bond motifs is 2. The largest absolute Gasteiger partial charge is 0.481 e. The van der Waals surface area contributed by atoms with Crippen LogP contribution in [0, 0.1) is 23.7 Å². The topological polar surface area (TPSA) is 84.2 Å². The fourth-order valence-corrected chi connectivity index (χ4v) is 3.74. The number of allylic oxidation sites excluding steroid dienone is 2. The Balaban J connectivity index is 1.49. The second kappa shape index (κ2) is 5.94. The Kier molecular flexibility index (Phi) is 4.00. The molecule has 4 atom stereocenters. The van der Waals surface area contributed by atoms with Gasteiger partial charge in [0.1, 0.15) is 0 Å². The first-order chi connectivity index (χ1) is 10.6. The Morgan fingerprint density at radius 1 is 1.36 bits per heavy atom. The smallest absolute Gasteiger partial charge is 0.307 e. The van der Waals surface area contributed by atoms with Gasteiger partial charge in [0.05, 0.1) is 18.0 Å². The zero-order chi connectivity index (χ0) is 15.7. The van der Waals surface area contributed by atoms with Gasteiger partial charge in [0.2, 0.25) is 5.91 Å². The number of aryl methyl sites for hydroxylation is 2. The van der Waals surface area contributed by atoms with Crippen LogP contribution in [0.5, 0.6) is 0 Å². The summed E-state index contributed by atoms with van der Waals surface area (Å²) in [6.07, 6.45) is 10.2. The van der Waals surface area contributed by atoms with E-state index in [9.17, 15) is 14.7 Å². The molecule has 0 radical (unpaired) electrons. The van der Waals surface area contributed by atoms with E-state index in [4.69, 9.17) is 0 Å². The zero-order valence-corrected chi connectivity index (χ0v) is 12.6. The molecule has 2 N–H and O–H groups in total. The number of carbonyl (C=O) groups is 2. The molecule has 1 saturated carbocycles. The summed E-state index contributed by atoms with van der Waals surface area (Å²) >= 11 is 0. The molecule has 1 aromatic heterocycles. The molecule has 1 aromatic rings. The molecule has 4 unspecified atom stereocenters. The summed E-state index contributed by atoms with van der Waals surface area (Å²) in [5.74, 6) is -1.83. The number of aromatic nitrogens is 2. The molecule has 118 valence electrons. The lowest BCUT2D eigenvalue weighted by Crippen LogP contribution is -2.40. The Labute approximate surface area is 129 Å². The van der Waals surface area contributed by atoms with E-state index in [0.717, 1.165) is 24.8 Å². The molecule has 2 aliphatic carbocycles. The Bertz CT molecular complexity index is 608. The van der Waals surface area contributed by atoms with E-state index in [1.807, 2.05) is 31.6 Å². The first-order valence-corrected chi connectivity index (χ1v) is 7.72. The minimum absolute atomic E-state index is 0.0219. The highest BCUT2D eigenvalue weighted by Crippen LogP contribution is 2.48. The SMILES string of the molecule is Cn1cc(CCCNC(=O)C2C3C=CC(C3)C2C(=O)O)cn1. The molecular formula is C16H21N3O3. The number of hydrogen-bond donors (Lipinski definition) is 2. The monoisotopic (exact) mass is 303 g/mol. The predicted molar refractivity (Wildman–Crippen MR) is 79.9 cm³/mol. The minimum atomic E-state index is -0.854. The van der Waals surface area contributed by atoms with Gasteiger partial charge in [0.15, 0.2) is 0 Å². The van der Waals surface area contributed by atoms with Gasteiger partial charge in [-0.1, -0.05) is 12.2 Å². The predicted octanol–water partition coefficient (Wildman–Crippen LogP) is 0.992. The fraction of sp³-hybridized carbons (Fsp3) is 0.562. The number of nitrogens with one attached hydrogen (secondary N) is 1. The van der Waals surface area contributed by atoms with Gasteiger partial charge in [-0.2, -0.15) is 5.10 Å². The third-order valence-electron chi connectivity index (χ3n) is 4.75. The second-order valence-electron chi connectivity index (χ2n) is 6.25. The van der Waals surface area contributed by atoms with Crippen LogP contribution in [0.4, 0.5) is 0 Å². The lowest BCUT2D eigenvalue weighted by Gasteiger charge is -2.23. The zero-order valence-electron chi connectivity index (χ0n) is 12.6. The van der Waals surface area contributed by atoms with E-state index >= 15 is 0 Å². The van der Waals surface area contributed by atoms with Crippen molar-refractivity contribution in [2.24, 2.45) is 30.7 Å². The molecule has 2 bridgehead atoms. The van der Waals surface area contributed by atoms with Gasteiger partial charge >= 0.3 is 5.97 Å². The van der Waals surface area contributed by atoms with Crippen molar-refractivity contribution in [2.45, 2.75) is 19.3 Å². The standard InChI is InChI=1S/C16H21N3O3/c1-19-9-10(8-18-19)3-2-6-17-15(20)13-11-4-5-12(7-11)14(13)16(21)22/h4-5,8-9,11-14H,2-3,6-7H2,1H3,(H,17,20)(H,21,22). The van der Waals surface area contributed by atoms with Gasteiger partial charge < -0.3 is 10.4 Å². The summed E-state index contributed by atoms with van der Waals surface area (Å²) in [5, 5.41) is 16.4. The van der Waals surface area contributed by atoms with Crippen LogP contribution in [-0.2, 0) is 23.1 Å². The maximum absolute atomic E-state index is 12.3. The average Bonchev–Trinajstić information content (AvgIpc) is 3.18. The summed E-state index contributed by atoms with van der Waals surface area (Å²) in [7, 11) is 1.87. The van der Waals surface area contributed by atoms with Crippen LogP contribution in [0.2, 0.25) is 0 Å². The third kappa shape index (κ3) is 2.77. The van der Waals surface area contributed by atoms with E-state index in [-0.39, 0.29) is 17.7 Å². The minimum Gasteiger partial charge on any atom is -0.481 e. The van der Waals surface area contributed by atoms with Crippen molar-refractivity contribution in [3.63, 3.8) is 0 Å². The van der Waals surface area contributed by atoms with Crippen molar-refractivity contribution < 1.29 is 14.7 Å². The number of rotatable bonds is 6. The number of amides is 1. The van der Waals surface area contributed by atoms with E-state index in [1.54, 1.807) is 4.68 Å². The molecule has 0 spiro atoms. The molecule has 0 saturated heterocycles. The summed E-state index contributed by atoms with van der Waals surface area (Å²) < 4.78 is 1.76. The van der Waals surface area contributed by atoms with Crippen LogP contribution in [0.3, 0.4) is 0 Å². The highest BCUT2D eigenvalue weighted by molar-refractivity contribution is 5.86. The van der Waals surface area contributed by atoms with E-state index in [1.165, 1.54) is 0 Å². The van der Waals surface area contributed by atoms with Crippen LogP contribution in [0.15, 0.2) is 24.5 Å². The summed E-state index contributed by atoms with van der Waals surface area (Å²) in [4.78, 5) is 23.7. The molecule has 1 fully saturated rings. The van der Waals surface area contributed by atoms with Gasteiger partial charge in [0, 0.05) is 19.8 Å². The van der Waals surface area contributed by atoms with Crippen molar-refractivity contribution in [1.82, 2.24) is 15.1 Å². The van der Waals surface area contributed by atoms with Crippen molar-refractivity contribution in [2.75, 3.05) is 6.54 Å². The van der Waals surface area contributed by atoms with Crippen LogP contribution in [0.25, 0.3) is 0 Å². The third-order valence-corrected chi connectivity index (χ3v) is 4.75. The van der Waals surface area contributed by atoms with Crippen LogP contribution in [-0.4, -0.2) is 33.3 Å². The first kappa shape index (κ1) is 14.8. The van der Waals surface area contributed by atoms with Gasteiger partial charge in [-0.25, -0.2) is 0 Å². The number of carboxylic acid groups (broad SMARTS) is 1. The molecule has 0 aliphatic heterocycles. The number of carbonyl (C=O) groups excluding carboxylic acids is 1. The van der Waals surface area contributed by atoms with E-state index in [2.05, 4.69) is 10.4 Å². The van der Waals surface area contributed by atoms with E-state index in [0.29, 0.717) is 6.54 Å². The Hall–Kier alpha value is -2.11. The lowest BCUT2D eigenvalue weighted by molar-refractivity contribution is -0.147. The van der Waals surface area contributed by atoms with Crippen molar-refractivity contribution in [3.05, 3.63) is 30.1 Å². The van der Waals surface area contributed by atoms with Crippen LogP contribution >= 0.6 is 0 Å². The van der Waals surface area contributed by atoms with E-state index < -0.39 is 17.8 Å². The molecule has 6 nitrogen and oxygen atoms in total. The van der Waals surface area contributed by atoms with Crippen LogP contribution in [0.1, 0.15) is 18.4 Å². The summed E-state index contributed by atoms with van der Waals surface area (Å²) in [6, 6.07) is 0. The van der Waals surface area contributed by atoms with Crippen molar-refractivity contribution in [3.8, 4) is 0 Å². The highest BCUT2D eigenvalue weighted by Gasteiger charge is 2.51. The maximum Gasteiger partial charge on any atom is 0.307 e. The Morgan fingerprint density at radius 2 is 2.09 bits per heavy atom. The van der Waals surface area contributed by atoms with Crippen LogP contribution < -0.4 is 5.32 Å². The van der Waals surface area contributed by atoms with Gasteiger partial charge in [0.25, 0.3) is 0 Å². The van der Waals surface area contributed by atoms with Gasteiger partial charge in [-0.05, 0) is 36.7 Å². The quantitative estimate of drug-likeness (QED) is 0.606. The number of nitrogens with zero attached hydrogens (tertiary/aromatic N) is 2. The lowest BCUT2D eigenvalue weighted by atomic mass is 9.82.